The predicted octanol–water partition coefficient (Wildman–Crippen LogP) is 2.70. The number of nitrogens with one attached hydrogen (secondary N) is 1. The number of amidine groups is 1. The summed E-state index contributed by atoms with van der Waals surface area (Å²) >= 11 is 1.36. The number of hydrogen-bond acceptors (Lipinski definition) is 9. The highest BCUT2D eigenvalue weighted by atomic mass is 32.1. The molecule has 3 aliphatic heterocycles. The molecule has 2 N–H and O–H groups in total. The topological polar surface area (TPSA) is 128 Å². The van der Waals surface area contributed by atoms with E-state index in [0.29, 0.717) is 48.3 Å². The Kier molecular flexibility index (Phi) is 8.52. The van der Waals surface area contributed by atoms with Crippen LogP contribution in [-0.4, -0.2) is 101 Å². The van der Waals surface area contributed by atoms with Gasteiger partial charge in [-0.1, -0.05) is 18.1 Å². The number of hydrogen-bond donors (Lipinski definition) is 2. The van der Waals surface area contributed by atoms with Crippen molar-refractivity contribution in [2.24, 2.45) is 10.4 Å². The number of halogens is 1. The number of rotatable bonds is 9. The van der Waals surface area contributed by atoms with E-state index in [-0.39, 0.29) is 42.9 Å². The molecule has 0 bridgehead atoms. The Hall–Kier alpha value is -4.28. The number of fused-ring (bicyclic) bond motifs is 1. The van der Waals surface area contributed by atoms with Gasteiger partial charge in [0.1, 0.15) is 11.9 Å². The van der Waals surface area contributed by atoms with Gasteiger partial charge in [0, 0.05) is 56.5 Å². The van der Waals surface area contributed by atoms with Crippen LogP contribution in [0.25, 0.3) is 0 Å². The lowest BCUT2D eigenvalue weighted by Crippen LogP contribution is -2.53. The van der Waals surface area contributed by atoms with Gasteiger partial charge >= 0.3 is 18.0 Å². The van der Waals surface area contributed by atoms with E-state index >= 15 is 0 Å². The van der Waals surface area contributed by atoms with Crippen molar-refractivity contribution < 1.29 is 28.6 Å². The summed E-state index contributed by atoms with van der Waals surface area (Å²) in [5, 5.41) is 15.3. The summed E-state index contributed by atoms with van der Waals surface area (Å²) in [4.78, 5) is 53.0. The van der Waals surface area contributed by atoms with Crippen LogP contribution in [0.1, 0.15) is 42.9 Å². The number of aromatic nitrogens is 1. The number of amides is 2. The molecule has 2 atom stereocenters. The van der Waals surface area contributed by atoms with E-state index in [0.717, 1.165) is 0 Å². The van der Waals surface area contributed by atoms with E-state index < -0.39 is 29.2 Å². The van der Waals surface area contributed by atoms with E-state index in [1.165, 1.54) is 23.5 Å². The molecular formula is C30H33FN6O5S. The molecule has 2 saturated heterocycles. The molecule has 0 unspecified atom stereocenters. The summed E-state index contributed by atoms with van der Waals surface area (Å²) in [6.45, 7) is 7.29. The second-order valence-electron chi connectivity index (χ2n) is 11.2. The van der Waals surface area contributed by atoms with Crippen LogP contribution in [0.4, 0.5) is 9.18 Å². The maximum absolute atomic E-state index is 14.8. The number of terminal acetylenes is 1. The van der Waals surface area contributed by atoms with Crippen molar-refractivity contribution in [2.45, 2.75) is 32.9 Å². The van der Waals surface area contributed by atoms with E-state index in [2.05, 4.69) is 21.1 Å². The van der Waals surface area contributed by atoms with Gasteiger partial charge in [0.25, 0.3) is 0 Å². The normalized spacial score (nSPS) is 20.8. The molecule has 0 aliphatic carbocycles. The third-order valence-electron chi connectivity index (χ3n) is 7.80. The molecule has 13 heteroatoms. The van der Waals surface area contributed by atoms with Crippen LogP contribution in [0, 0.1) is 23.6 Å². The summed E-state index contributed by atoms with van der Waals surface area (Å²) in [6.07, 6.45) is 7.35. The Labute approximate surface area is 253 Å². The molecular weight excluding hydrogens is 575 g/mol. The SMILES string of the molecule is C#Cc1c(F)cccc1[C@H]1N=C(c2nccs2)NC(CN2CCN3C(=O)N(CC(C)(C)C(=O)O)C[C@@H]3C2)=C1C(=O)OCC. The molecule has 2 amide bonds. The van der Waals surface area contributed by atoms with Crippen molar-refractivity contribution in [3.63, 3.8) is 0 Å². The first-order chi connectivity index (χ1) is 20.5. The van der Waals surface area contributed by atoms with E-state index in [4.69, 9.17) is 16.2 Å². The number of aliphatic imine (C=N–C) groups is 1. The van der Waals surface area contributed by atoms with E-state index in [9.17, 15) is 23.9 Å². The number of carbonyl (C=O) groups excluding carboxylic acids is 2. The van der Waals surface area contributed by atoms with E-state index in [1.54, 1.807) is 42.8 Å². The lowest BCUT2D eigenvalue weighted by Gasteiger charge is -2.38. The first-order valence-electron chi connectivity index (χ1n) is 13.9. The quantitative estimate of drug-likeness (QED) is 0.329. The van der Waals surface area contributed by atoms with Crippen molar-refractivity contribution in [2.75, 3.05) is 45.9 Å². The van der Waals surface area contributed by atoms with E-state index in [1.807, 2.05) is 5.38 Å². The number of nitrogens with zero attached hydrogens (tertiary/aromatic N) is 5. The molecule has 43 heavy (non-hydrogen) atoms. The summed E-state index contributed by atoms with van der Waals surface area (Å²) in [5.41, 5.74) is 0.0441. The Morgan fingerprint density at radius 1 is 1.30 bits per heavy atom. The van der Waals surface area contributed by atoms with Crippen LogP contribution in [0.3, 0.4) is 0 Å². The average Bonchev–Trinajstić information content (AvgIpc) is 3.61. The molecule has 0 spiro atoms. The van der Waals surface area contributed by atoms with Gasteiger partial charge in [0.05, 0.1) is 29.2 Å². The molecule has 3 aliphatic rings. The molecule has 4 heterocycles. The van der Waals surface area contributed by atoms with Crippen LogP contribution in [0.2, 0.25) is 0 Å². The van der Waals surface area contributed by atoms with Gasteiger partial charge in [-0.2, -0.15) is 0 Å². The highest BCUT2D eigenvalue weighted by Crippen LogP contribution is 2.36. The van der Waals surface area contributed by atoms with Gasteiger partial charge in [0.2, 0.25) is 0 Å². The predicted molar refractivity (Wildman–Crippen MR) is 158 cm³/mol. The molecule has 2 fully saturated rings. The minimum absolute atomic E-state index is 0.0141. The number of carboxylic acid groups (broad SMARTS) is 1. The number of urea groups is 1. The van der Waals surface area contributed by atoms with Crippen LogP contribution in [0.5, 0.6) is 0 Å². The fourth-order valence-electron chi connectivity index (χ4n) is 5.65. The maximum atomic E-state index is 14.8. The zero-order valence-corrected chi connectivity index (χ0v) is 25.0. The van der Waals surface area contributed by atoms with Gasteiger partial charge < -0.3 is 25.0 Å². The van der Waals surface area contributed by atoms with Crippen LogP contribution >= 0.6 is 11.3 Å². The number of esters is 1. The van der Waals surface area contributed by atoms with Crippen LogP contribution in [0.15, 0.2) is 46.0 Å². The minimum Gasteiger partial charge on any atom is -0.481 e. The molecule has 1 aromatic carbocycles. The smallest absolute Gasteiger partial charge is 0.338 e. The van der Waals surface area contributed by atoms with Crippen LogP contribution in [-0.2, 0) is 14.3 Å². The average molecular weight is 609 g/mol. The number of aliphatic carboxylic acids is 1. The van der Waals surface area contributed by atoms with Gasteiger partial charge in [-0.05, 0) is 32.4 Å². The molecule has 1 aromatic heterocycles. The highest BCUT2D eigenvalue weighted by Gasteiger charge is 2.44. The number of piperazine rings is 1. The summed E-state index contributed by atoms with van der Waals surface area (Å²) < 4.78 is 20.3. The fraction of sp³-hybridized carbons (Fsp3) is 0.433. The first kappa shape index (κ1) is 30.2. The molecule has 2 aromatic rings. The minimum atomic E-state index is -1.08. The van der Waals surface area contributed by atoms with Crippen molar-refractivity contribution >= 4 is 35.1 Å². The van der Waals surface area contributed by atoms with Crippen molar-refractivity contribution in [1.29, 1.82) is 0 Å². The number of carboxylic acids is 1. The largest absolute Gasteiger partial charge is 0.481 e. The second kappa shape index (κ2) is 12.1. The molecule has 0 saturated carbocycles. The number of benzene rings is 1. The highest BCUT2D eigenvalue weighted by molar-refractivity contribution is 7.11. The summed E-state index contributed by atoms with van der Waals surface area (Å²) in [7, 11) is 0. The molecule has 11 nitrogen and oxygen atoms in total. The number of ether oxygens (including phenoxy) is 1. The Bertz CT molecular complexity index is 1530. The van der Waals surface area contributed by atoms with Crippen molar-refractivity contribution in [3.05, 3.63) is 63.0 Å². The Morgan fingerprint density at radius 3 is 2.77 bits per heavy atom. The van der Waals surface area contributed by atoms with Crippen molar-refractivity contribution in [1.82, 2.24) is 25.0 Å². The lowest BCUT2D eigenvalue weighted by atomic mass is 9.91. The van der Waals surface area contributed by atoms with Crippen molar-refractivity contribution in [3.8, 4) is 12.3 Å². The van der Waals surface area contributed by atoms with Gasteiger partial charge in [-0.3, -0.25) is 14.7 Å². The zero-order chi connectivity index (χ0) is 30.9. The molecule has 5 rings (SSSR count). The number of carbonyl (C=O) groups is 3. The lowest BCUT2D eigenvalue weighted by molar-refractivity contribution is -0.147. The third-order valence-corrected chi connectivity index (χ3v) is 8.58. The monoisotopic (exact) mass is 608 g/mol. The maximum Gasteiger partial charge on any atom is 0.338 e. The first-order valence-corrected chi connectivity index (χ1v) is 14.8. The Morgan fingerprint density at radius 2 is 2.09 bits per heavy atom. The third kappa shape index (κ3) is 5.98. The summed E-state index contributed by atoms with van der Waals surface area (Å²) in [5.74, 6) is 0.684. The second-order valence-corrected chi connectivity index (χ2v) is 12.1. The molecule has 0 radical (unpaired) electrons. The fourth-order valence-corrected chi connectivity index (χ4v) is 6.24. The number of thiazole rings is 1. The van der Waals surface area contributed by atoms with Gasteiger partial charge in [-0.15, -0.1) is 17.8 Å². The molecule has 226 valence electrons. The van der Waals surface area contributed by atoms with Gasteiger partial charge in [-0.25, -0.2) is 19.0 Å². The zero-order valence-electron chi connectivity index (χ0n) is 24.2. The standard InChI is InChI=1S/C30H33FN6O5S/c1-5-19-20(8-7-9-21(19)31)24-23(27(38)42-6-2)22(33-25(34-24)26-32-10-13-43-26)16-35-11-12-37-18(14-35)15-36(29(37)41)17-30(3,4)28(39)40/h1,7-10,13,18,24H,6,11-12,14-17H2,2-4H3,(H,33,34)(H,39,40)/t18-,24+/m0/s1. The van der Waals surface area contributed by atoms with Crippen LogP contribution < -0.4 is 5.32 Å². The summed E-state index contributed by atoms with van der Waals surface area (Å²) in [6, 6.07) is 3.18. The van der Waals surface area contributed by atoms with Gasteiger partial charge in [0.15, 0.2) is 10.8 Å². The Balaban J connectivity index is 1.48.